The summed E-state index contributed by atoms with van der Waals surface area (Å²) in [6.07, 6.45) is 0. The number of nitrogens with two attached hydrogens (primary N) is 1. The van der Waals surface area contributed by atoms with Crippen LogP contribution in [0.5, 0.6) is 0 Å². The smallest absolute Gasteiger partial charge is 0.0266 e. The zero-order valence-electron chi connectivity index (χ0n) is 10.2. The molecule has 88 valence electrons. The molecular formula is C15H17NS. The Hall–Kier alpha value is -1.25. The molecular weight excluding hydrogens is 226 g/mol. The van der Waals surface area contributed by atoms with Gasteiger partial charge in [0.2, 0.25) is 0 Å². The van der Waals surface area contributed by atoms with Gasteiger partial charge in [0.1, 0.15) is 0 Å². The molecule has 0 saturated carbocycles. The van der Waals surface area contributed by atoms with Gasteiger partial charge in [-0.2, -0.15) is 0 Å². The molecule has 0 heterocycles. The van der Waals surface area contributed by atoms with Crippen LogP contribution in [0, 0.1) is 6.92 Å². The third-order valence-corrected chi connectivity index (χ3v) is 3.63. The summed E-state index contributed by atoms with van der Waals surface area (Å²) in [7, 11) is 0. The molecule has 2 heteroatoms. The molecule has 0 aliphatic rings. The minimum absolute atomic E-state index is 0.105. The highest BCUT2D eigenvalue weighted by molar-refractivity contribution is 7.99. The molecule has 2 aromatic carbocycles. The van der Waals surface area contributed by atoms with Crippen LogP contribution < -0.4 is 5.73 Å². The van der Waals surface area contributed by atoms with Crippen molar-refractivity contribution < 1.29 is 0 Å². The minimum atomic E-state index is 0.105. The zero-order chi connectivity index (χ0) is 12.3. The zero-order valence-corrected chi connectivity index (χ0v) is 11.0. The van der Waals surface area contributed by atoms with Gasteiger partial charge in [0, 0.05) is 15.8 Å². The molecule has 0 saturated heterocycles. The van der Waals surface area contributed by atoms with Crippen LogP contribution in [0.4, 0.5) is 0 Å². The van der Waals surface area contributed by atoms with E-state index in [4.69, 9.17) is 5.73 Å². The highest BCUT2D eigenvalue weighted by Gasteiger charge is 2.00. The van der Waals surface area contributed by atoms with Gasteiger partial charge in [-0.05, 0) is 43.7 Å². The molecule has 0 aliphatic heterocycles. The van der Waals surface area contributed by atoms with Gasteiger partial charge < -0.3 is 5.73 Å². The maximum absolute atomic E-state index is 5.83. The Labute approximate surface area is 107 Å². The lowest BCUT2D eigenvalue weighted by Crippen LogP contribution is -2.04. The van der Waals surface area contributed by atoms with Crippen LogP contribution in [-0.4, -0.2) is 0 Å². The standard InChI is InChI=1S/C15H17NS/c1-11-4-3-5-15(10-11)17-14-8-6-13(7-9-14)12(2)16/h3-10,12H,16H2,1-2H3/t12-/m1/s1. The topological polar surface area (TPSA) is 26.0 Å². The van der Waals surface area contributed by atoms with Crippen molar-refractivity contribution >= 4 is 11.8 Å². The van der Waals surface area contributed by atoms with Crippen LogP contribution in [-0.2, 0) is 0 Å². The molecule has 0 spiro atoms. The average Bonchev–Trinajstić information content (AvgIpc) is 2.29. The van der Waals surface area contributed by atoms with Crippen LogP contribution in [0.3, 0.4) is 0 Å². The molecule has 0 amide bonds. The van der Waals surface area contributed by atoms with E-state index in [0.29, 0.717) is 0 Å². The molecule has 0 unspecified atom stereocenters. The maximum atomic E-state index is 5.83. The summed E-state index contributed by atoms with van der Waals surface area (Å²) < 4.78 is 0. The van der Waals surface area contributed by atoms with Crippen molar-refractivity contribution in [3.05, 3.63) is 59.7 Å². The summed E-state index contributed by atoms with van der Waals surface area (Å²) >= 11 is 1.78. The Bertz CT molecular complexity index is 489. The van der Waals surface area contributed by atoms with Gasteiger partial charge in [-0.1, -0.05) is 41.6 Å². The Balaban J connectivity index is 2.14. The Morgan fingerprint density at radius 3 is 2.29 bits per heavy atom. The molecule has 0 aromatic heterocycles. The van der Waals surface area contributed by atoms with E-state index in [9.17, 15) is 0 Å². The number of hydrogen-bond donors (Lipinski definition) is 1. The first-order chi connectivity index (χ1) is 8.15. The second-order valence-electron chi connectivity index (χ2n) is 4.28. The molecule has 2 aromatic rings. The molecule has 0 bridgehead atoms. The van der Waals surface area contributed by atoms with Crippen molar-refractivity contribution in [3.8, 4) is 0 Å². The van der Waals surface area contributed by atoms with Crippen LogP contribution in [0.25, 0.3) is 0 Å². The Morgan fingerprint density at radius 1 is 1.00 bits per heavy atom. The summed E-state index contributed by atoms with van der Waals surface area (Å²) in [6.45, 7) is 4.12. The Kier molecular flexibility index (Phi) is 3.87. The van der Waals surface area contributed by atoms with Crippen molar-refractivity contribution in [2.45, 2.75) is 29.7 Å². The average molecular weight is 243 g/mol. The van der Waals surface area contributed by atoms with E-state index in [1.54, 1.807) is 11.8 Å². The Morgan fingerprint density at radius 2 is 1.71 bits per heavy atom. The molecule has 1 nitrogen and oxygen atoms in total. The van der Waals surface area contributed by atoms with Gasteiger partial charge >= 0.3 is 0 Å². The van der Waals surface area contributed by atoms with E-state index in [1.807, 2.05) is 6.92 Å². The summed E-state index contributed by atoms with van der Waals surface area (Å²) in [4.78, 5) is 2.53. The van der Waals surface area contributed by atoms with Gasteiger partial charge in [-0.3, -0.25) is 0 Å². The van der Waals surface area contributed by atoms with Crippen molar-refractivity contribution in [3.63, 3.8) is 0 Å². The summed E-state index contributed by atoms with van der Waals surface area (Å²) in [6, 6.07) is 17.1. The van der Waals surface area contributed by atoms with Gasteiger partial charge in [0.15, 0.2) is 0 Å². The second-order valence-corrected chi connectivity index (χ2v) is 5.42. The van der Waals surface area contributed by atoms with E-state index in [2.05, 4.69) is 55.5 Å². The number of benzene rings is 2. The van der Waals surface area contributed by atoms with Crippen LogP contribution in [0.15, 0.2) is 58.3 Å². The quantitative estimate of drug-likeness (QED) is 0.875. The molecule has 2 rings (SSSR count). The van der Waals surface area contributed by atoms with Gasteiger partial charge in [-0.15, -0.1) is 0 Å². The number of rotatable bonds is 3. The summed E-state index contributed by atoms with van der Waals surface area (Å²) in [5.41, 5.74) is 8.30. The van der Waals surface area contributed by atoms with E-state index < -0.39 is 0 Å². The first kappa shape index (κ1) is 12.2. The van der Waals surface area contributed by atoms with Gasteiger partial charge in [-0.25, -0.2) is 0 Å². The largest absolute Gasteiger partial charge is 0.324 e. The van der Waals surface area contributed by atoms with Crippen molar-refractivity contribution in [1.29, 1.82) is 0 Å². The second kappa shape index (κ2) is 5.39. The van der Waals surface area contributed by atoms with Crippen LogP contribution in [0.2, 0.25) is 0 Å². The monoisotopic (exact) mass is 243 g/mol. The van der Waals surface area contributed by atoms with E-state index in [-0.39, 0.29) is 6.04 Å². The predicted octanol–water partition coefficient (Wildman–Crippen LogP) is 4.17. The minimum Gasteiger partial charge on any atom is -0.324 e. The van der Waals surface area contributed by atoms with Crippen molar-refractivity contribution in [2.24, 2.45) is 5.73 Å². The normalized spacial score (nSPS) is 12.4. The summed E-state index contributed by atoms with van der Waals surface area (Å²) in [5.74, 6) is 0. The fraction of sp³-hybridized carbons (Fsp3) is 0.200. The molecule has 0 aliphatic carbocycles. The lowest BCUT2D eigenvalue weighted by Gasteiger charge is -2.07. The third kappa shape index (κ3) is 3.35. The molecule has 0 fully saturated rings. The van der Waals surface area contributed by atoms with Crippen LogP contribution in [0.1, 0.15) is 24.1 Å². The summed E-state index contributed by atoms with van der Waals surface area (Å²) in [5, 5.41) is 0. The molecule has 1 atom stereocenters. The number of aryl methyl sites for hydroxylation is 1. The maximum Gasteiger partial charge on any atom is 0.0266 e. The molecule has 0 radical (unpaired) electrons. The fourth-order valence-electron chi connectivity index (χ4n) is 1.65. The molecule has 17 heavy (non-hydrogen) atoms. The van der Waals surface area contributed by atoms with Crippen LogP contribution >= 0.6 is 11.8 Å². The van der Waals surface area contributed by atoms with Crippen molar-refractivity contribution in [1.82, 2.24) is 0 Å². The predicted molar refractivity (Wildman–Crippen MR) is 74.3 cm³/mol. The first-order valence-corrected chi connectivity index (χ1v) is 6.57. The third-order valence-electron chi connectivity index (χ3n) is 2.63. The molecule has 2 N–H and O–H groups in total. The lowest BCUT2D eigenvalue weighted by molar-refractivity contribution is 0.817. The van der Waals surface area contributed by atoms with E-state index in [0.717, 1.165) is 0 Å². The highest BCUT2D eigenvalue weighted by Crippen LogP contribution is 2.28. The number of hydrogen-bond acceptors (Lipinski definition) is 2. The highest BCUT2D eigenvalue weighted by atomic mass is 32.2. The van der Waals surface area contributed by atoms with E-state index in [1.165, 1.54) is 20.9 Å². The van der Waals surface area contributed by atoms with Gasteiger partial charge in [0.25, 0.3) is 0 Å². The lowest BCUT2D eigenvalue weighted by atomic mass is 10.1. The van der Waals surface area contributed by atoms with Gasteiger partial charge in [0.05, 0.1) is 0 Å². The van der Waals surface area contributed by atoms with Crippen molar-refractivity contribution in [2.75, 3.05) is 0 Å². The van der Waals surface area contributed by atoms with E-state index >= 15 is 0 Å². The SMILES string of the molecule is Cc1cccc(Sc2ccc([C@@H](C)N)cc2)c1. The first-order valence-electron chi connectivity index (χ1n) is 5.75. The fourth-order valence-corrected chi connectivity index (χ4v) is 2.59.